The molecule has 0 spiro atoms. The van der Waals surface area contributed by atoms with E-state index in [1.165, 1.54) is 11.8 Å². The summed E-state index contributed by atoms with van der Waals surface area (Å²) in [6.07, 6.45) is 2.05. The number of nitrogens with two attached hydrogens (primary N) is 1. The highest BCUT2D eigenvalue weighted by molar-refractivity contribution is 8.00. The van der Waals surface area contributed by atoms with E-state index in [1.807, 2.05) is 23.1 Å². The highest BCUT2D eigenvalue weighted by atomic mass is 32.2. The SMILES string of the molecule is NC(=O)CC1CCN(C(=O)CSCC(=O)c2ccccc2)CC1. The molecule has 0 radical (unpaired) electrons. The quantitative estimate of drug-likeness (QED) is 0.770. The second-order valence-electron chi connectivity index (χ2n) is 5.78. The number of Topliss-reactive ketones (excluding diaryl/α,β-unsaturated/α-hetero) is 1. The van der Waals surface area contributed by atoms with Crippen LogP contribution in [0.1, 0.15) is 29.6 Å². The lowest BCUT2D eigenvalue weighted by Crippen LogP contribution is -2.40. The van der Waals surface area contributed by atoms with E-state index in [9.17, 15) is 14.4 Å². The molecule has 0 aliphatic carbocycles. The first-order chi connectivity index (χ1) is 11.1. The van der Waals surface area contributed by atoms with Crippen molar-refractivity contribution >= 4 is 29.4 Å². The number of nitrogens with zero attached hydrogens (tertiary/aromatic N) is 1. The molecule has 1 fully saturated rings. The zero-order valence-electron chi connectivity index (χ0n) is 13.1. The van der Waals surface area contributed by atoms with Gasteiger partial charge < -0.3 is 10.6 Å². The Hall–Kier alpha value is -1.82. The smallest absolute Gasteiger partial charge is 0.232 e. The molecule has 23 heavy (non-hydrogen) atoms. The average Bonchev–Trinajstić information content (AvgIpc) is 2.55. The van der Waals surface area contributed by atoms with E-state index in [0.29, 0.717) is 42.5 Å². The molecular weight excluding hydrogens is 312 g/mol. The van der Waals surface area contributed by atoms with Crippen molar-refractivity contribution in [3.05, 3.63) is 35.9 Å². The molecule has 5 nitrogen and oxygen atoms in total. The molecule has 0 unspecified atom stereocenters. The summed E-state index contributed by atoms with van der Waals surface area (Å²) in [7, 11) is 0. The molecule has 124 valence electrons. The van der Waals surface area contributed by atoms with E-state index in [1.54, 1.807) is 12.1 Å². The number of likely N-dealkylation sites (tertiary alicyclic amines) is 1. The first kappa shape index (κ1) is 17.5. The summed E-state index contributed by atoms with van der Waals surface area (Å²) in [5.41, 5.74) is 5.89. The zero-order chi connectivity index (χ0) is 16.7. The van der Waals surface area contributed by atoms with Gasteiger partial charge in [-0.2, -0.15) is 0 Å². The molecule has 2 rings (SSSR count). The van der Waals surface area contributed by atoms with Crippen LogP contribution in [0.15, 0.2) is 30.3 Å². The van der Waals surface area contributed by atoms with Crippen molar-refractivity contribution in [1.29, 1.82) is 0 Å². The molecule has 1 aliphatic heterocycles. The van der Waals surface area contributed by atoms with Gasteiger partial charge in [-0.15, -0.1) is 11.8 Å². The number of rotatable bonds is 7. The van der Waals surface area contributed by atoms with Crippen molar-refractivity contribution in [3.63, 3.8) is 0 Å². The van der Waals surface area contributed by atoms with Gasteiger partial charge in [0, 0.05) is 25.1 Å². The summed E-state index contributed by atoms with van der Waals surface area (Å²) in [5.74, 6) is 0.762. The van der Waals surface area contributed by atoms with Crippen LogP contribution in [0.5, 0.6) is 0 Å². The molecule has 1 aromatic carbocycles. The Balaban J connectivity index is 1.68. The Kier molecular flexibility index (Phi) is 6.65. The topological polar surface area (TPSA) is 80.5 Å². The van der Waals surface area contributed by atoms with Crippen LogP contribution in [-0.2, 0) is 9.59 Å². The van der Waals surface area contributed by atoms with Crippen LogP contribution in [0.2, 0.25) is 0 Å². The van der Waals surface area contributed by atoms with Gasteiger partial charge in [-0.1, -0.05) is 30.3 Å². The Bertz CT molecular complexity index is 554. The fourth-order valence-corrected chi connectivity index (χ4v) is 3.51. The van der Waals surface area contributed by atoms with E-state index < -0.39 is 0 Å². The normalized spacial score (nSPS) is 15.4. The third-order valence-electron chi connectivity index (χ3n) is 4.01. The van der Waals surface area contributed by atoms with Crippen molar-refractivity contribution in [2.45, 2.75) is 19.3 Å². The van der Waals surface area contributed by atoms with Gasteiger partial charge in [-0.25, -0.2) is 0 Å². The summed E-state index contributed by atoms with van der Waals surface area (Å²) < 4.78 is 0. The third-order valence-corrected chi connectivity index (χ3v) is 4.93. The largest absolute Gasteiger partial charge is 0.370 e. The monoisotopic (exact) mass is 334 g/mol. The molecule has 1 aliphatic rings. The highest BCUT2D eigenvalue weighted by Crippen LogP contribution is 2.21. The van der Waals surface area contributed by atoms with Gasteiger partial charge >= 0.3 is 0 Å². The Morgan fingerprint density at radius 3 is 2.35 bits per heavy atom. The minimum absolute atomic E-state index is 0.0450. The summed E-state index contributed by atoms with van der Waals surface area (Å²) in [5, 5.41) is 0. The molecule has 1 aromatic rings. The second-order valence-corrected chi connectivity index (χ2v) is 6.76. The highest BCUT2D eigenvalue weighted by Gasteiger charge is 2.23. The number of primary amides is 1. The van der Waals surface area contributed by atoms with Gasteiger partial charge in [-0.3, -0.25) is 14.4 Å². The Morgan fingerprint density at radius 2 is 1.74 bits per heavy atom. The number of thioether (sulfide) groups is 1. The number of benzene rings is 1. The second kappa shape index (κ2) is 8.72. The molecule has 2 N–H and O–H groups in total. The number of ketones is 1. The number of carbonyl (C=O) groups excluding carboxylic acids is 3. The minimum Gasteiger partial charge on any atom is -0.370 e. The Labute approximate surface area is 140 Å². The molecule has 0 saturated carbocycles. The lowest BCUT2D eigenvalue weighted by Gasteiger charge is -2.31. The van der Waals surface area contributed by atoms with Crippen LogP contribution >= 0.6 is 11.8 Å². The van der Waals surface area contributed by atoms with Gasteiger partial charge in [0.25, 0.3) is 0 Å². The molecule has 1 heterocycles. The van der Waals surface area contributed by atoms with Crippen LogP contribution in [0.4, 0.5) is 0 Å². The maximum absolute atomic E-state index is 12.1. The summed E-state index contributed by atoms with van der Waals surface area (Å²) in [6, 6.07) is 9.11. The molecular formula is C17H22N2O3S. The fourth-order valence-electron chi connectivity index (χ4n) is 2.70. The number of hydrogen-bond acceptors (Lipinski definition) is 4. The number of hydrogen-bond donors (Lipinski definition) is 1. The van der Waals surface area contributed by atoms with Crippen molar-refractivity contribution in [3.8, 4) is 0 Å². The molecule has 1 saturated heterocycles. The zero-order valence-corrected chi connectivity index (χ0v) is 13.9. The molecule has 0 bridgehead atoms. The molecule has 2 amide bonds. The van der Waals surface area contributed by atoms with Gasteiger partial charge in [0.2, 0.25) is 11.8 Å². The van der Waals surface area contributed by atoms with Crippen LogP contribution in [-0.4, -0.2) is 47.1 Å². The van der Waals surface area contributed by atoms with Crippen molar-refractivity contribution in [2.24, 2.45) is 11.7 Å². The predicted molar refractivity (Wildman–Crippen MR) is 91.2 cm³/mol. The van der Waals surface area contributed by atoms with Gasteiger partial charge in [0.1, 0.15) is 0 Å². The molecule has 6 heteroatoms. The van der Waals surface area contributed by atoms with E-state index in [2.05, 4.69) is 0 Å². The molecule has 0 atom stereocenters. The van der Waals surface area contributed by atoms with Crippen LogP contribution in [0, 0.1) is 5.92 Å². The van der Waals surface area contributed by atoms with E-state index in [0.717, 1.165) is 12.8 Å². The van der Waals surface area contributed by atoms with E-state index >= 15 is 0 Å². The van der Waals surface area contributed by atoms with Crippen molar-refractivity contribution < 1.29 is 14.4 Å². The van der Waals surface area contributed by atoms with Crippen LogP contribution < -0.4 is 5.73 Å². The first-order valence-electron chi connectivity index (χ1n) is 7.78. The maximum Gasteiger partial charge on any atom is 0.232 e. The number of amides is 2. The van der Waals surface area contributed by atoms with Gasteiger partial charge in [-0.05, 0) is 18.8 Å². The molecule has 0 aromatic heterocycles. The minimum atomic E-state index is -0.273. The predicted octanol–water partition coefficient (Wildman–Crippen LogP) is 1.72. The van der Waals surface area contributed by atoms with E-state index in [-0.39, 0.29) is 17.6 Å². The number of carbonyl (C=O) groups is 3. The van der Waals surface area contributed by atoms with Crippen LogP contribution in [0.25, 0.3) is 0 Å². The average molecular weight is 334 g/mol. The third kappa shape index (κ3) is 5.71. The van der Waals surface area contributed by atoms with Crippen molar-refractivity contribution in [1.82, 2.24) is 4.90 Å². The number of piperidine rings is 1. The summed E-state index contributed by atoms with van der Waals surface area (Å²) >= 11 is 1.35. The fraction of sp³-hybridized carbons (Fsp3) is 0.471. The standard InChI is InChI=1S/C17H22N2O3S/c18-16(21)10-13-6-8-19(9-7-13)17(22)12-23-11-15(20)14-4-2-1-3-5-14/h1-5,13H,6-12H2,(H2,18,21). The summed E-state index contributed by atoms with van der Waals surface area (Å²) in [4.78, 5) is 36.8. The van der Waals surface area contributed by atoms with Crippen LogP contribution in [0.3, 0.4) is 0 Å². The van der Waals surface area contributed by atoms with Gasteiger partial charge in [0.05, 0.1) is 11.5 Å². The Morgan fingerprint density at radius 1 is 1.09 bits per heavy atom. The van der Waals surface area contributed by atoms with E-state index in [4.69, 9.17) is 5.73 Å². The van der Waals surface area contributed by atoms with Crippen molar-refractivity contribution in [2.75, 3.05) is 24.6 Å². The lowest BCUT2D eigenvalue weighted by atomic mass is 9.93. The maximum atomic E-state index is 12.1. The van der Waals surface area contributed by atoms with Gasteiger partial charge in [0.15, 0.2) is 5.78 Å². The summed E-state index contributed by atoms with van der Waals surface area (Å²) in [6.45, 7) is 1.34. The first-order valence-corrected chi connectivity index (χ1v) is 8.94. The lowest BCUT2D eigenvalue weighted by molar-refractivity contribution is -0.129.